The van der Waals surface area contributed by atoms with E-state index in [0.717, 1.165) is 6.42 Å². The van der Waals surface area contributed by atoms with E-state index < -0.39 is 0 Å². The van der Waals surface area contributed by atoms with Crippen LogP contribution >= 0.6 is 23.1 Å². The van der Waals surface area contributed by atoms with Gasteiger partial charge in [0.2, 0.25) is 5.91 Å². The molecule has 5 heteroatoms. The van der Waals surface area contributed by atoms with Gasteiger partial charge in [-0.3, -0.25) is 4.79 Å². The summed E-state index contributed by atoms with van der Waals surface area (Å²) in [7, 11) is 1.86. The van der Waals surface area contributed by atoms with E-state index in [0.29, 0.717) is 24.1 Å². The molecule has 1 aromatic heterocycles. The third kappa shape index (κ3) is 5.57. The second kappa shape index (κ2) is 7.74. The van der Waals surface area contributed by atoms with Crippen molar-refractivity contribution in [2.24, 2.45) is 5.73 Å². The van der Waals surface area contributed by atoms with Crippen LogP contribution < -0.4 is 5.73 Å². The van der Waals surface area contributed by atoms with Crippen molar-refractivity contribution in [1.29, 1.82) is 0 Å². The van der Waals surface area contributed by atoms with Crippen molar-refractivity contribution in [3.05, 3.63) is 22.4 Å². The summed E-state index contributed by atoms with van der Waals surface area (Å²) in [5.74, 6) is 0.732. The number of hydrogen-bond acceptors (Lipinski definition) is 4. The Labute approximate surface area is 111 Å². The summed E-state index contributed by atoms with van der Waals surface area (Å²) in [6.07, 6.45) is 0.965. The van der Waals surface area contributed by atoms with Crippen molar-refractivity contribution in [3.8, 4) is 0 Å². The van der Waals surface area contributed by atoms with E-state index in [2.05, 4.69) is 13.0 Å². The van der Waals surface area contributed by atoms with Gasteiger partial charge in [0.15, 0.2) is 0 Å². The molecule has 0 aliphatic rings. The van der Waals surface area contributed by atoms with Crippen LogP contribution in [0.3, 0.4) is 0 Å². The lowest BCUT2D eigenvalue weighted by Crippen LogP contribution is -2.28. The molecule has 0 aliphatic carbocycles. The minimum absolute atomic E-state index is 0.187. The highest BCUT2D eigenvalue weighted by Gasteiger charge is 2.11. The Morgan fingerprint density at radius 1 is 1.65 bits per heavy atom. The maximum atomic E-state index is 11.9. The predicted octanol–water partition coefficient (Wildman–Crippen LogP) is 2.18. The second-order valence-electron chi connectivity index (χ2n) is 4.03. The normalized spacial score (nSPS) is 12.4. The Bertz CT molecular complexity index is 327. The zero-order valence-corrected chi connectivity index (χ0v) is 12.0. The molecule has 1 atom stereocenters. The Morgan fingerprint density at radius 2 is 2.41 bits per heavy atom. The van der Waals surface area contributed by atoms with Crippen LogP contribution in [-0.2, 0) is 11.3 Å². The van der Waals surface area contributed by atoms with Gasteiger partial charge in [0.1, 0.15) is 0 Å². The van der Waals surface area contributed by atoms with Crippen molar-refractivity contribution in [1.82, 2.24) is 4.90 Å². The van der Waals surface area contributed by atoms with Crippen molar-refractivity contribution in [3.63, 3.8) is 0 Å². The number of rotatable bonds is 7. The van der Waals surface area contributed by atoms with E-state index in [-0.39, 0.29) is 5.91 Å². The first kappa shape index (κ1) is 14.5. The third-order valence-corrected chi connectivity index (χ3v) is 4.54. The maximum absolute atomic E-state index is 11.9. The van der Waals surface area contributed by atoms with Crippen LogP contribution in [0.25, 0.3) is 0 Å². The molecule has 0 saturated heterocycles. The Hall–Kier alpha value is -0.520. The van der Waals surface area contributed by atoms with Crippen LogP contribution in [0.5, 0.6) is 0 Å². The molecule has 1 amide bonds. The number of nitrogens with zero attached hydrogens (tertiary/aromatic N) is 1. The Balaban J connectivity index is 2.27. The van der Waals surface area contributed by atoms with Gasteiger partial charge in [-0.05, 0) is 24.4 Å². The molecule has 0 radical (unpaired) electrons. The van der Waals surface area contributed by atoms with E-state index in [1.807, 2.05) is 18.5 Å². The summed E-state index contributed by atoms with van der Waals surface area (Å²) >= 11 is 3.37. The topological polar surface area (TPSA) is 46.3 Å². The minimum Gasteiger partial charge on any atom is -0.340 e. The van der Waals surface area contributed by atoms with Gasteiger partial charge >= 0.3 is 0 Å². The highest BCUT2D eigenvalue weighted by Crippen LogP contribution is 2.15. The largest absolute Gasteiger partial charge is 0.340 e. The highest BCUT2D eigenvalue weighted by molar-refractivity contribution is 8.00. The molecular formula is C12H20N2OS2. The van der Waals surface area contributed by atoms with Crippen molar-refractivity contribution < 1.29 is 4.79 Å². The molecule has 2 N–H and O–H groups in total. The number of carbonyl (C=O) groups excluding carboxylic acids is 1. The number of amides is 1. The number of thioether (sulfide) groups is 1. The molecule has 1 unspecified atom stereocenters. The van der Waals surface area contributed by atoms with Crippen molar-refractivity contribution >= 4 is 29.0 Å². The first-order valence-corrected chi connectivity index (χ1v) is 7.64. The van der Waals surface area contributed by atoms with E-state index in [9.17, 15) is 4.79 Å². The summed E-state index contributed by atoms with van der Waals surface area (Å²) in [6, 6.07) is 4.06. The first-order chi connectivity index (χ1) is 8.13. The van der Waals surface area contributed by atoms with E-state index in [4.69, 9.17) is 5.73 Å². The lowest BCUT2D eigenvalue weighted by Gasteiger charge is -2.17. The van der Waals surface area contributed by atoms with Gasteiger partial charge in [-0.25, -0.2) is 0 Å². The monoisotopic (exact) mass is 272 g/mol. The van der Waals surface area contributed by atoms with Crippen LogP contribution in [0.4, 0.5) is 0 Å². The minimum atomic E-state index is 0.187. The van der Waals surface area contributed by atoms with E-state index in [1.165, 1.54) is 4.88 Å². The summed E-state index contributed by atoms with van der Waals surface area (Å²) in [5.41, 5.74) is 5.48. The van der Waals surface area contributed by atoms with Gasteiger partial charge in [-0.1, -0.05) is 13.0 Å². The predicted molar refractivity (Wildman–Crippen MR) is 76.4 cm³/mol. The fourth-order valence-corrected chi connectivity index (χ4v) is 3.07. The SMILES string of the molecule is CC(CCN)SCC(=O)N(C)Cc1cccs1. The lowest BCUT2D eigenvalue weighted by molar-refractivity contribution is -0.127. The van der Waals surface area contributed by atoms with Crippen LogP contribution in [0, 0.1) is 0 Å². The number of carbonyl (C=O) groups is 1. The van der Waals surface area contributed by atoms with Crippen molar-refractivity contribution in [2.45, 2.75) is 25.1 Å². The van der Waals surface area contributed by atoms with E-state index in [1.54, 1.807) is 28.0 Å². The molecule has 0 aliphatic heterocycles. The molecular weight excluding hydrogens is 252 g/mol. The fraction of sp³-hybridized carbons (Fsp3) is 0.583. The van der Waals surface area contributed by atoms with Gasteiger partial charge in [-0.2, -0.15) is 0 Å². The number of nitrogens with two attached hydrogens (primary N) is 1. The zero-order chi connectivity index (χ0) is 12.7. The molecule has 1 rings (SSSR count). The number of thiophene rings is 1. The summed E-state index contributed by atoms with van der Waals surface area (Å²) in [6.45, 7) is 3.51. The number of hydrogen-bond donors (Lipinski definition) is 1. The second-order valence-corrected chi connectivity index (χ2v) is 6.49. The first-order valence-electron chi connectivity index (χ1n) is 5.71. The summed E-state index contributed by atoms with van der Waals surface area (Å²) in [5, 5.41) is 2.49. The molecule has 96 valence electrons. The quantitative estimate of drug-likeness (QED) is 0.827. The lowest BCUT2D eigenvalue weighted by atomic mass is 10.3. The standard InChI is InChI=1S/C12H20N2OS2/c1-10(5-6-13)17-9-12(15)14(2)8-11-4-3-7-16-11/h3-4,7,10H,5-6,8-9,13H2,1-2H3. The average molecular weight is 272 g/mol. The molecule has 3 nitrogen and oxygen atoms in total. The van der Waals surface area contributed by atoms with Gasteiger partial charge < -0.3 is 10.6 Å². The molecule has 0 fully saturated rings. The van der Waals surface area contributed by atoms with Crippen molar-refractivity contribution in [2.75, 3.05) is 19.3 Å². The zero-order valence-electron chi connectivity index (χ0n) is 10.4. The summed E-state index contributed by atoms with van der Waals surface area (Å²) < 4.78 is 0. The molecule has 0 saturated carbocycles. The van der Waals surface area contributed by atoms with Crippen LogP contribution in [-0.4, -0.2) is 35.4 Å². The molecule has 0 spiro atoms. The Kier molecular flexibility index (Phi) is 6.62. The van der Waals surface area contributed by atoms with Gasteiger partial charge in [0.25, 0.3) is 0 Å². The van der Waals surface area contributed by atoms with E-state index >= 15 is 0 Å². The molecule has 17 heavy (non-hydrogen) atoms. The van der Waals surface area contributed by atoms with Crippen LogP contribution in [0.15, 0.2) is 17.5 Å². The van der Waals surface area contributed by atoms with Gasteiger partial charge in [0, 0.05) is 17.2 Å². The highest BCUT2D eigenvalue weighted by atomic mass is 32.2. The van der Waals surface area contributed by atoms with Gasteiger partial charge in [-0.15, -0.1) is 23.1 Å². The van der Waals surface area contributed by atoms with Crippen LogP contribution in [0.2, 0.25) is 0 Å². The molecule has 1 aromatic rings. The fourth-order valence-electron chi connectivity index (χ4n) is 1.37. The smallest absolute Gasteiger partial charge is 0.232 e. The molecule has 1 heterocycles. The average Bonchev–Trinajstić information content (AvgIpc) is 2.79. The van der Waals surface area contributed by atoms with Gasteiger partial charge in [0.05, 0.1) is 12.3 Å². The Morgan fingerprint density at radius 3 is 3.00 bits per heavy atom. The molecule has 0 aromatic carbocycles. The summed E-state index contributed by atoms with van der Waals surface area (Å²) in [4.78, 5) is 14.9. The maximum Gasteiger partial charge on any atom is 0.232 e. The third-order valence-electron chi connectivity index (χ3n) is 2.46. The van der Waals surface area contributed by atoms with Crippen LogP contribution in [0.1, 0.15) is 18.2 Å². The molecule has 0 bridgehead atoms.